The molecule has 2 aromatic rings. The van der Waals surface area contributed by atoms with E-state index in [0.717, 1.165) is 29.0 Å². The van der Waals surface area contributed by atoms with Gasteiger partial charge >= 0.3 is 0 Å². The van der Waals surface area contributed by atoms with Gasteiger partial charge in [0, 0.05) is 16.5 Å². The molecule has 0 amide bonds. The van der Waals surface area contributed by atoms with Gasteiger partial charge in [-0.25, -0.2) is 4.98 Å². The number of rotatable bonds is 1. The number of nitrogens with two attached hydrogens (primary N) is 1. The number of benzene rings is 1. The molecule has 4 bridgehead atoms. The lowest BCUT2D eigenvalue weighted by Crippen LogP contribution is -2.49. The lowest BCUT2D eigenvalue weighted by atomic mass is 9.48. The molecule has 0 saturated heterocycles. The average Bonchev–Trinajstić information content (AvgIpc) is 2.46. The number of fused-ring (bicyclic) bond motifs is 1. The summed E-state index contributed by atoms with van der Waals surface area (Å²) in [5.74, 6) is 3.57. The Bertz CT molecular complexity index is 683. The van der Waals surface area contributed by atoms with Gasteiger partial charge in [0.1, 0.15) is 5.82 Å². The molecule has 108 valence electrons. The molecule has 4 aliphatic rings. The molecule has 1 aromatic carbocycles. The van der Waals surface area contributed by atoms with Crippen LogP contribution in [0.4, 0.5) is 5.82 Å². The highest BCUT2D eigenvalue weighted by Crippen LogP contribution is 2.60. The Hall–Kier alpha value is -1.57. The minimum Gasteiger partial charge on any atom is -0.383 e. The van der Waals surface area contributed by atoms with Gasteiger partial charge in [0.15, 0.2) is 0 Å². The maximum Gasteiger partial charge on any atom is 0.131 e. The highest BCUT2D eigenvalue weighted by molar-refractivity contribution is 5.91. The smallest absolute Gasteiger partial charge is 0.131 e. The first-order valence-electron chi connectivity index (χ1n) is 8.38. The van der Waals surface area contributed by atoms with E-state index in [4.69, 9.17) is 10.7 Å². The highest BCUT2D eigenvalue weighted by Gasteiger charge is 2.52. The van der Waals surface area contributed by atoms with Gasteiger partial charge in [0.25, 0.3) is 0 Å². The van der Waals surface area contributed by atoms with Crippen LogP contribution in [0.3, 0.4) is 0 Å². The monoisotopic (exact) mass is 278 g/mol. The van der Waals surface area contributed by atoms with Crippen LogP contribution >= 0.6 is 0 Å². The molecule has 0 unspecified atom stereocenters. The first kappa shape index (κ1) is 12.0. The molecular weight excluding hydrogens is 256 g/mol. The molecule has 6 rings (SSSR count). The van der Waals surface area contributed by atoms with Crippen LogP contribution in [0, 0.1) is 17.8 Å². The summed E-state index contributed by atoms with van der Waals surface area (Å²) in [5.41, 5.74) is 7.89. The van der Waals surface area contributed by atoms with Crippen molar-refractivity contribution < 1.29 is 0 Å². The van der Waals surface area contributed by atoms with Gasteiger partial charge in [0.2, 0.25) is 0 Å². The van der Waals surface area contributed by atoms with Crippen molar-refractivity contribution in [2.45, 2.75) is 43.9 Å². The molecule has 1 aromatic heterocycles. The largest absolute Gasteiger partial charge is 0.383 e. The van der Waals surface area contributed by atoms with Crippen molar-refractivity contribution in [1.82, 2.24) is 4.98 Å². The third kappa shape index (κ3) is 1.68. The number of nitrogens with zero attached hydrogens (tertiary/aromatic N) is 1. The van der Waals surface area contributed by atoms with E-state index in [2.05, 4.69) is 24.3 Å². The van der Waals surface area contributed by atoms with Gasteiger partial charge in [-0.05, 0) is 67.7 Å². The zero-order valence-electron chi connectivity index (χ0n) is 12.4. The normalized spacial score (nSPS) is 37.2. The minimum atomic E-state index is 0.340. The van der Waals surface area contributed by atoms with Crippen LogP contribution in [-0.2, 0) is 5.41 Å². The lowest BCUT2D eigenvalue weighted by molar-refractivity contribution is -0.00706. The van der Waals surface area contributed by atoms with Gasteiger partial charge in [-0.2, -0.15) is 0 Å². The Morgan fingerprint density at radius 3 is 2.24 bits per heavy atom. The number of hydrogen-bond acceptors (Lipinski definition) is 2. The van der Waals surface area contributed by atoms with E-state index in [-0.39, 0.29) is 0 Å². The molecule has 0 radical (unpaired) electrons. The van der Waals surface area contributed by atoms with E-state index >= 15 is 0 Å². The van der Waals surface area contributed by atoms with Crippen molar-refractivity contribution >= 4 is 16.6 Å². The number of anilines is 1. The van der Waals surface area contributed by atoms with Crippen molar-refractivity contribution in [2.24, 2.45) is 17.8 Å². The zero-order chi connectivity index (χ0) is 14.0. The van der Waals surface area contributed by atoms with E-state index in [0.29, 0.717) is 5.41 Å². The lowest BCUT2D eigenvalue weighted by Gasteiger charge is -2.56. The molecular formula is C19H22N2. The number of nitrogen functional groups attached to an aromatic ring is 1. The van der Waals surface area contributed by atoms with E-state index in [1.54, 1.807) is 0 Å². The molecule has 2 nitrogen and oxygen atoms in total. The summed E-state index contributed by atoms with van der Waals surface area (Å²) in [4.78, 5) is 4.87. The van der Waals surface area contributed by atoms with Crippen molar-refractivity contribution in [2.75, 3.05) is 5.73 Å². The highest BCUT2D eigenvalue weighted by atomic mass is 14.9. The quantitative estimate of drug-likeness (QED) is 0.845. The van der Waals surface area contributed by atoms with Gasteiger partial charge in [-0.1, -0.05) is 24.3 Å². The summed E-state index contributed by atoms with van der Waals surface area (Å²) >= 11 is 0. The number of pyridine rings is 1. The van der Waals surface area contributed by atoms with Gasteiger partial charge in [-0.15, -0.1) is 0 Å². The van der Waals surface area contributed by atoms with Crippen molar-refractivity contribution in [1.29, 1.82) is 0 Å². The Kier molecular flexibility index (Phi) is 2.29. The third-order valence-corrected chi connectivity index (χ3v) is 6.35. The second-order valence-corrected chi connectivity index (χ2v) is 7.81. The first-order valence-corrected chi connectivity index (χ1v) is 8.38. The van der Waals surface area contributed by atoms with E-state index in [9.17, 15) is 0 Å². The minimum absolute atomic E-state index is 0.340. The molecule has 0 aliphatic heterocycles. The molecule has 21 heavy (non-hydrogen) atoms. The van der Waals surface area contributed by atoms with Crippen molar-refractivity contribution in [3.05, 3.63) is 36.0 Å². The van der Waals surface area contributed by atoms with Crippen molar-refractivity contribution in [3.8, 4) is 0 Å². The summed E-state index contributed by atoms with van der Waals surface area (Å²) in [5, 5.41) is 2.36. The summed E-state index contributed by atoms with van der Waals surface area (Å²) in [7, 11) is 0. The molecule has 0 atom stereocenters. The Labute approximate surface area is 125 Å². The van der Waals surface area contributed by atoms with Crippen molar-refractivity contribution in [3.63, 3.8) is 0 Å². The maximum atomic E-state index is 6.26. The van der Waals surface area contributed by atoms with Crippen LogP contribution in [0.2, 0.25) is 0 Å². The van der Waals surface area contributed by atoms with Crippen LogP contribution in [-0.4, -0.2) is 4.98 Å². The summed E-state index contributed by atoms with van der Waals surface area (Å²) in [6.45, 7) is 0. The van der Waals surface area contributed by atoms with E-state index in [1.165, 1.54) is 49.6 Å². The van der Waals surface area contributed by atoms with E-state index in [1.807, 2.05) is 6.07 Å². The Morgan fingerprint density at radius 2 is 1.57 bits per heavy atom. The fraction of sp³-hybridized carbons (Fsp3) is 0.526. The fourth-order valence-electron chi connectivity index (χ4n) is 5.92. The molecule has 0 spiro atoms. The van der Waals surface area contributed by atoms with Gasteiger partial charge < -0.3 is 5.73 Å². The topological polar surface area (TPSA) is 38.9 Å². The van der Waals surface area contributed by atoms with E-state index < -0.39 is 0 Å². The summed E-state index contributed by atoms with van der Waals surface area (Å²) in [6.07, 6.45) is 8.48. The van der Waals surface area contributed by atoms with Crippen LogP contribution in [0.1, 0.15) is 44.2 Å². The van der Waals surface area contributed by atoms with Gasteiger partial charge in [-0.3, -0.25) is 0 Å². The average molecular weight is 278 g/mol. The summed E-state index contributed by atoms with van der Waals surface area (Å²) in [6, 6.07) is 10.7. The molecule has 2 N–H and O–H groups in total. The Balaban J connectivity index is 1.67. The number of aromatic nitrogens is 1. The van der Waals surface area contributed by atoms with Gasteiger partial charge in [0.05, 0.1) is 0 Å². The first-order chi connectivity index (χ1) is 10.2. The zero-order valence-corrected chi connectivity index (χ0v) is 12.4. The third-order valence-electron chi connectivity index (χ3n) is 6.35. The molecule has 2 heteroatoms. The molecule has 4 fully saturated rings. The molecule has 4 aliphatic carbocycles. The summed E-state index contributed by atoms with van der Waals surface area (Å²) < 4.78 is 0. The molecule has 1 heterocycles. The van der Waals surface area contributed by atoms with Crippen LogP contribution < -0.4 is 5.73 Å². The van der Waals surface area contributed by atoms with Crippen LogP contribution in [0.25, 0.3) is 10.8 Å². The Morgan fingerprint density at radius 1 is 0.952 bits per heavy atom. The predicted octanol–water partition coefficient (Wildman–Crippen LogP) is 4.28. The van der Waals surface area contributed by atoms with Crippen LogP contribution in [0.15, 0.2) is 30.3 Å². The predicted molar refractivity (Wildman–Crippen MR) is 86.0 cm³/mol. The second kappa shape index (κ2) is 4.00. The number of hydrogen-bond donors (Lipinski definition) is 1. The standard InChI is InChI=1S/C19H22N2/c20-18-16-4-2-1-3-15(16)8-17(21-18)19-9-12-5-13(10-19)7-14(6-12)11-19/h1-4,8,12-14H,5-7,9-11H2,(H2,20,21). The maximum absolute atomic E-state index is 6.26. The second-order valence-electron chi connectivity index (χ2n) is 7.81. The molecule has 4 saturated carbocycles. The van der Waals surface area contributed by atoms with Crippen LogP contribution in [0.5, 0.6) is 0 Å². The fourth-order valence-corrected chi connectivity index (χ4v) is 5.92. The SMILES string of the molecule is Nc1nc(C23CC4CC(CC(C4)C2)C3)cc2ccccc12.